The Morgan fingerprint density at radius 3 is 3.00 bits per heavy atom. The van der Waals surface area contributed by atoms with Gasteiger partial charge < -0.3 is 19.3 Å². The van der Waals surface area contributed by atoms with Crippen LogP contribution in [0.25, 0.3) is 0 Å². The van der Waals surface area contributed by atoms with Gasteiger partial charge in [-0.3, -0.25) is 4.79 Å². The number of fused-ring (bicyclic) bond motifs is 1. The summed E-state index contributed by atoms with van der Waals surface area (Å²) >= 11 is 6.07. The van der Waals surface area contributed by atoms with Gasteiger partial charge in [0.05, 0.1) is 13.7 Å². The fourth-order valence-corrected chi connectivity index (χ4v) is 2.59. The van der Waals surface area contributed by atoms with Gasteiger partial charge in [0.25, 0.3) is 5.91 Å². The Labute approximate surface area is 136 Å². The maximum atomic E-state index is 12.1. The summed E-state index contributed by atoms with van der Waals surface area (Å²) < 4.78 is 14.8. The molecule has 2 heterocycles. The van der Waals surface area contributed by atoms with Gasteiger partial charge >= 0.3 is 5.97 Å². The van der Waals surface area contributed by atoms with Crippen LogP contribution in [0.4, 0.5) is 0 Å². The second-order valence-corrected chi connectivity index (χ2v) is 5.34. The summed E-state index contributed by atoms with van der Waals surface area (Å²) in [6.45, 7) is 0.824. The Kier molecular flexibility index (Phi) is 4.20. The number of nitrogens with zero attached hydrogens (tertiary/aromatic N) is 1. The van der Waals surface area contributed by atoms with Crippen LogP contribution in [0, 0.1) is 0 Å². The van der Waals surface area contributed by atoms with Crippen LogP contribution in [0.2, 0.25) is 5.02 Å². The second kappa shape index (κ2) is 6.29. The fourth-order valence-electron chi connectivity index (χ4n) is 2.32. The first kappa shape index (κ1) is 15.4. The third-order valence-electron chi connectivity index (χ3n) is 3.39. The number of methoxy groups -OCH3 is 1. The van der Waals surface area contributed by atoms with Crippen LogP contribution in [-0.2, 0) is 17.7 Å². The average Bonchev–Trinajstić information content (AvgIpc) is 3.20. The summed E-state index contributed by atoms with van der Waals surface area (Å²) in [5.41, 5.74) is 1.80. The molecular weight excluding hydrogens is 324 g/mol. The molecule has 120 valence electrons. The summed E-state index contributed by atoms with van der Waals surface area (Å²) in [6.07, 6.45) is 0.794. The van der Waals surface area contributed by atoms with Gasteiger partial charge in [-0.05, 0) is 17.7 Å². The van der Waals surface area contributed by atoms with Gasteiger partial charge in [0.2, 0.25) is 5.76 Å². The van der Waals surface area contributed by atoms with Gasteiger partial charge in [0.1, 0.15) is 5.75 Å². The molecule has 1 N–H and O–H groups in total. The second-order valence-electron chi connectivity index (χ2n) is 4.90. The summed E-state index contributed by atoms with van der Waals surface area (Å²) in [5, 5.41) is 6.82. The SMILES string of the molecule is COC(=O)c1cc(C(=O)NCc2cc(Cl)cc3c2OCC3)no1. The number of hydrogen-bond acceptors (Lipinski definition) is 6. The van der Waals surface area contributed by atoms with E-state index in [1.165, 1.54) is 13.2 Å². The van der Waals surface area contributed by atoms with Crippen molar-refractivity contribution in [1.29, 1.82) is 0 Å². The number of carbonyl (C=O) groups excluding carboxylic acids is 2. The van der Waals surface area contributed by atoms with Gasteiger partial charge in [-0.1, -0.05) is 16.8 Å². The van der Waals surface area contributed by atoms with Crippen molar-refractivity contribution in [3.05, 3.63) is 45.8 Å². The number of nitrogens with one attached hydrogen (secondary N) is 1. The van der Waals surface area contributed by atoms with E-state index in [2.05, 4.69) is 15.2 Å². The number of benzene rings is 1. The molecule has 0 radical (unpaired) electrons. The normalized spacial score (nSPS) is 12.4. The molecule has 1 aliphatic heterocycles. The molecule has 0 fully saturated rings. The first-order valence-corrected chi connectivity index (χ1v) is 7.23. The molecule has 3 rings (SSSR count). The lowest BCUT2D eigenvalue weighted by Gasteiger charge is -2.09. The number of halogens is 1. The Morgan fingerprint density at radius 2 is 2.22 bits per heavy atom. The lowest BCUT2D eigenvalue weighted by molar-refractivity contribution is 0.0554. The minimum atomic E-state index is -0.697. The van der Waals surface area contributed by atoms with Crippen LogP contribution < -0.4 is 10.1 Å². The number of hydrogen-bond donors (Lipinski definition) is 1. The van der Waals surface area contributed by atoms with E-state index in [4.69, 9.17) is 20.9 Å². The van der Waals surface area contributed by atoms with E-state index in [1.54, 1.807) is 6.07 Å². The molecule has 7 nitrogen and oxygen atoms in total. The van der Waals surface area contributed by atoms with Gasteiger partial charge in [0.15, 0.2) is 5.69 Å². The van der Waals surface area contributed by atoms with Crippen LogP contribution in [0.1, 0.15) is 32.2 Å². The first-order valence-electron chi connectivity index (χ1n) is 6.86. The molecule has 0 bridgehead atoms. The van der Waals surface area contributed by atoms with Crippen LogP contribution in [0.3, 0.4) is 0 Å². The largest absolute Gasteiger partial charge is 0.493 e. The quantitative estimate of drug-likeness (QED) is 0.858. The number of rotatable bonds is 4. The van der Waals surface area contributed by atoms with E-state index in [-0.39, 0.29) is 18.0 Å². The third-order valence-corrected chi connectivity index (χ3v) is 3.61. The number of aromatic nitrogens is 1. The van der Waals surface area contributed by atoms with Crippen molar-refractivity contribution in [3.63, 3.8) is 0 Å². The minimum Gasteiger partial charge on any atom is -0.493 e. The van der Waals surface area contributed by atoms with E-state index in [0.29, 0.717) is 11.6 Å². The molecule has 8 heteroatoms. The Bertz CT molecular complexity index is 771. The van der Waals surface area contributed by atoms with E-state index >= 15 is 0 Å². The van der Waals surface area contributed by atoms with Crippen LogP contribution in [-0.4, -0.2) is 30.7 Å². The van der Waals surface area contributed by atoms with Gasteiger partial charge in [-0.2, -0.15) is 0 Å². The van der Waals surface area contributed by atoms with Gasteiger partial charge in [0, 0.05) is 29.6 Å². The highest BCUT2D eigenvalue weighted by Crippen LogP contribution is 2.32. The highest BCUT2D eigenvalue weighted by atomic mass is 35.5. The highest BCUT2D eigenvalue weighted by Gasteiger charge is 2.20. The summed E-state index contributed by atoms with van der Waals surface area (Å²) in [4.78, 5) is 23.3. The fraction of sp³-hybridized carbons (Fsp3) is 0.267. The van der Waals surface area contributed by atoms with Crippen LogP contribution in [0.15, 0.2) is 22.7 Å². The zero-order valence-corrected chi connectivity index (χ0v) is 13.0. The summed E-state index contributed by atoms with van der Waals surface area (Å²) in [5.74, 6) is -0.553. The van der Waals surface area contributed by atoms with Crippen molar-refractivity contribution in [1.82, 2.24) is 10.5 Å². The first-order chi connectivity index (χ1) is 11.1. The molecule has 0 unspecified atom stereocenters. The lowest BCUT2D eigenvalue weighted by Crippen LogP contribution is -2.23. The van der Waals surface area contributed by atoms with Crippen molar-refractivity contribution in [2.45, 2.75) is 13.0 Å². The molecule has 2 aromatic rings. The Hall–Kier alpha value is -2.54. The number of carbonyl (C=O) groups is 2. The minimum absolute atomic E-state index is 0.00927. The molecule has 0 atom stereocenters. The smallest absolute Gasteiger partial charge is 0.376 e. The number of amides is 1. The molecule has 0 aliphatic carbocycles. The van der Waals surface area contributed by atoms with E-state index in [0.717, 1.165) is 23.3 Å². The average molecular weight is 337 g/mol. The zero-order valence-electron chi connectivity index (χ0n) is 12.2. The molecule has 0 spiro atoms. The molecule has 0 saturated carbocycles. The lowest BCUT2D eigenvalue weighted by atomic mass is 10.1. The predicted octanol–water partition coefficient (Wildman–Crippen LogP) is 1.98. The molecule has 23 heavy (non-hydrogen) atoms. The van der Waals surface area contributed by atoms with Crippen molar-refractivity contribution < 1.29 is 23.6 Å². The van der Waals surface area contributed by atoms with Gasteiger partial charge in [-0.15, -0.1) is 0 Å². The van der Waals surface area contributed by atoms with Crippen molar-refractivity contribution in [2.75, 3.05) is 13.7 Å². The Balaban J connectivity index is 1.70. The third kappa shape index (κ3) is 3.14. The number of ether oxygens (including phenoxy) is 2. The van der Waals surface area contributed by atoms with Crippen LogP contribution >= 0.6 is 11.6 Å². The molecule has 1 aromatic carbocycles. The molecule has 1 amide bonds. The standard InChI is InChI=1S/C15H13ClN2O5/c1-21-15(20)12-6-11(18-23-12)14(19)17-7-9-5-10(16)4-8-2-3-22-13(8)9/h4-6H,2-3,7H2,1H3,(H,17,19). The van der Waals surface area contributed by atoms with E-state index in [1.807, 2.05) is 6.07 Å². The number of esters is 1. The predicted molar refractivity (Wildman–Crippen MR) is 79.7 cm³/mol. The maximum Gasteiger partial charge on any atom is 0.376 e. The van der Waals surface area contributed by atoms with E-state index in [9.17, 15) is 9.59 Å². The summed E-state index contributed by atoms with van der Waals surface area (Å²) in [7, 11) is 1.21. The monoisotopic (exact) mass is 336 g/mol. The molecule has 1 aromatic heterocycles. The van der Waals surface area contributed by atoms with E-state index < -0.39 is 11.9 Å². The van der Waals surface area contributed by atoms with Crippen molar-refractivity contribution >= 4 is 23.5 Å². The van der Waals surface area contributed by atoms with Crippen LogP contribution in [0.5, 0.6) is 5.75 Å². The molecule has 1 aliphatic rings. The summed E-state index contributed by atoms with van der Waals surface area (Å²) in [6, 6.07) is 4.82. The van der Waals surface area contributed by atoms with Crippen molar-refractivity contribution in [2.24, 2.45) is 0 Å². The molecular formula is C15H13ClN2O5. The van der Waals surface area contributed by atoms with Crippen molar-refractivity contribution in [3.8, 4) is 5.75 Å². The van der Waals surface area contributed by atoms with Gasteiger partial charge in [-0.25, -0.2) is 4.79 Å². The molecule has 0 saturated heterocycles. The topological polar surface area (TPSA) is 90.7 Å². The maximum absolute atomic E-state index is 12.1. The zero-order chi connectivity index (χ0) is 16.4. The Morgan fingerprint density at radius 1 is 1.39 bits per heavy atom. The highest BCUT2D eigenvalue weighted by molar-refractivity contribution is 6.30.